The van der Waals surface area contributed by atoms with Crippen LogP contribution in [-0.4, -0.2) is 33.0 Å². The van der Waals surface area contributed by atoms with Crippen LogP contribution >= 0.6 is 0 Å². The summed E-state index contributed by atoms with van der Waals surface area (Å²) < 4.78 is 14.6. The molecule has 0 saturated heterocycles. The van der Waals surface area contributed by atoms with Gasteiger partial charge in [-0.05, 0) is 47.9 Å². The summed E-state index contributed by atoms with van der Waals surface area (Å²) in [5.74, 6) is -1.50. The highest BCUT2D eigenvalue weighted by molar-refractivity contribution is 5.98. The van der Waals surface area contributed by atoms with E-state index in [0.29, 0.717) is 28.2 Å². The minimum Gasteiger partial charge on any atom is -0.381 e. The molecule has 0 saturated carbocycles. The summed E-state index contributed by atoms with van der Waals surface area (Å²) >= 11 is 0. The maximum atomic E-state index is 14.6. The molecule has 9 heteroatoms. The molecule has 6 N–H and O–H groups in total. The van der Waals surface area contributed by atoms with Crippen molar-refractivity contribution in [2.75, 3.05) is 11.1 Å². The van der Waals surface area contributed by atoms with Crippen LogP contribution in [0.5, 0.6) is 0 Å². The summed E-state index contributed by atoms with van der Waals surface area (Å²) in [4.78, 5) is 32.8. The Morgan fingerprint density at radius 3 is 2.46 bits per heavy atom. The predicted molar refractivity (Wildman–Crippen MR) is 132 cm³/mol. The molecule has 0 radical (unpaired) electrons. The normalized spacial score (nSPS) is 12.9. The van der Waals surface area contributed by atoms with Gasteiger partial charge in [0.05, 0.1) is 17.1 Å². The molecular weight excluding hydrogens is 449 g/mol. The zero-order valence-corrected chi connectivity index (χ0v) is 19.2. The number of amides is 2. The Bertz CT molecular complexity index is 1370. The molecule has 4 aromatic rings. The Morgan fingerprint density at radius 2 is 1.77 bits per heavy atom. The van der Waals surface area contributed by atoms with E-state index in [2.05, 4.69) is 20.6 Å². The number of carbonyl (C=O) groups is 2. The van der Waals surface area contributed by atoms with Gasteiger partial charge in [0.1, 0.15) is 5.82 Å². The first-order chi connectivity index (χ1) is 16.7. The fourth-order valence-electron chi connectivity index (χ4n) is 3.77. The van der Waals surface area contributed by atoms with Gasteiger partial charge in [-0.2, -0.15) is 0 Å². The largest absolute Gasteiger partial charge is 0.381 e. The summed E-state index contributed by atoms with van der Waals surface area (Å²) in [6.07, 6.45) is -1.78. The number of benzene rings is 3. The fraction of sp³-hybridized carbons (Fsp3) is 0.192. The molecule has 0 fully saturated rings. The number of imidazole rings is 1. The maximum absolute atomic E-state index is 14.6. The third-order valence-corrected chi connectivity index (χ3v) is 5.72. The lowest BCUT2D eigenvalue weighted by molar-refractivity contribution is -0.125. The molecular formula is C26H26FN5O3. The van der Waals surface area contributed by atoms with Crippen LogP contribution in [0, 0.1) is 5.82 Å². The number of nitrogens with two attached hydrogens (primary N) is 1. The number of carbonyl (C=O) groups excluding carboxylic acids is 2. The van der Waals surface area contributed by atoms with Crippen LogP contribution in [-0.2, 0) is 4.79 Å². The topological polar surface area (TPSA) is 133 Å². The van der Waals surface area contributed by atoms with Gasteiger partial charge >= 0.3 is 0 Å². The van der Waals surface area contributed by atoms with Crippen molar-refractivity contribution in [3.05, 3.63) is 89.2 Å². The van der Waals surface area contributed by atoms with Gasteiger partial charge in [0.2, 0.25) is 0 Å². The number of fused-ring (bicyclic) bond motifs is 1. The molecule has 1 aromatic heterocycles. The second-order valence-electron chi connectivity index (χ2n) is 8.54. The number of nitrogens with zero attached hydrogens (tertiary/aromatic N) is 1. The highest BCUT2D eigenvalue weighted by Gasteiger charge is 2.31. The van der Waals surface area contributed by atoms with E-state index < -0.39 is 29.8 Å². The Morgan fingerprint density at radius 1 is 1.06 bits per heavy atom. The van der Waals surface area contributed by atoms with Gasteiger partial charge in [-0.15, -0.1) is 0 Å². The number of aromatic amines is 1. The second-order valence-corrected chi connectivity index (χ2v) is 8.54. The highest BCUT2D eigenvalue weighted by Crippen LogP contribution is 2.24. The Labute approximate surface area is 201 Å². The minimum atomic E-state index is -1.78. The molecule has 8 nitrogen and oxygen atoms in total. The molecule has 2 atom stereocenters. The van der Waals surface area contributed by atoms with Crippen molar-refractivity contribution in [1.82, 2.24) is 15.3 Å². The summed E-state index contributed by atoms with van der Waals surface area (Å²) in [6.45, 7) is 4.08. The van der Waals surface area contributed by atoms with Gasteiger partial charge < -0.3 is 26.5 Å². The summed E-state index contributed by atoms with van der Waals surface area (Å²) in [5, 5.41) is 16.1. The van der Waals surface area contributed by atoms with Gasteiger partial charge in [0.15, 0.2) is 12.1 Å². The van der Waals surface area contributed by atoms with Crippen LogP contribution in [0.2, 0.25) is 0 Å². The molecule has 4 rings (SSSR count). The molecule has 35 heavy (non-hydrogen) atoms. The number of H-pyrrole nitrogens is 1. The smallest absolute Gasteiger partial charge is 0.255 e. The molecule has 0 aliphatic carbocycles. The van der Waals surface area contributed by atoms with Crippen molar-refractivity contribution in [2.45, 2.75) is 31.9 Å². The zero-order valence-electron chi connectivity index (χ0n) is 19.2. The van der Waals surface area contributed by atoms with Crippen molar-refractivity contribution in [3.8, 4) is 0 Å². The second kappa shape index (κ2) is 9.94. The number of anilines is 2. The first kappa shape index (κ1) is 23.9. The maximum Gasteiger partial charge on any atom is 0.255 e. The minimum absolute atomic E-state index is 0.0147. The van der Waals surface area contributed by atoms with Crippen LogP contribution in [0.3, 0.4) is 0 Å². The Kier molecular flexibility index (Phi) is 6.79. The third-order valence-electron chi connectivity index (χ3n) is 5.72. The van der Waals surface area contributed by atoms with Crippen molar-refractivity contribution in [2.24, 2.45) is 0 Å². The van der Waals surface area contributed by atoms with Gasteiger partial charge in [0.25, 0.3) is 11.8 Å². The van der Waals surface area contributed by atoms with Gasteiger partial charge in [-0.1, -0.05) is 44.2 Å². The Hall–Kier alpha value is -4.24. The molecule has 3 aromatic carbocycles. The highest BCUT2D eigenvalue weighted by atomic mass is 19.1. The number of halogens is 1. The average Bonchev–Trinajstić information content (AvgIpc) is 3.21. The molecule has 0 spiro atoms. The lowest BCUT2D eigenvalue weighted by atomic mass is 9.98. The average molecular weight is 476 g/mol. The quantitative estimate of drug-likeness (QED) is 0.277. The van der Waals surface area contributed by atoms with E-state index in [9.17, 15) is 19.1 Å². The standard InChI is InChI=1S/C26H26FN5O3/c1-14(2)15-7-9-16(10-8-15)24(34)32-22(18-5-3-4-6-19(18)27)23(33)25(35)29-17-11-12-20-21(13-17)31-26(28)30-20/h3-14,22-23,33H,1-2H3,(H,29,35)(H,32,34)(H3,28,30,31)/t22-,23+/m0/s1. The summed E-state index contributed by atoms with van der Waals surface area (Å²) in [7, 11) is 0. The number of aromatic nitrogens is 2. The number of hydrogen-bond acceptors (Lipinski definition) is 5. The van der Waals surface area contributed by atoms with Crippen LogP contribution in [0.4, 0.5) is 16.0 Å². The van der Waals surface area contributed by atoms with Crippen molar-refractivity contribution >= 4 is 34.5 Å². The van der Waals surface area contributed by atoms with E-state index >= 15 is 0 Å². The summed E-state index contributed by atoms with van der Waals surface area (Å²) in [6, 6.07) is 16.2. The van der Waals surface area contributed by atoms with E-state index in [1.54, 1.807) is 36.4 Å². The van der Waals surface area contributed by atoms with Gasteiger partial charge in [-0.25, -0.2) is 9.37 Å². The van der Waals surface area contributed by atoms with E-state index in [1.165, 1.54) is 18.2 Å². The van der Waals surface area contributed by atoms with E-state index in [1.807, 2.05) is 26.0 Å². The molecule has 180 valence electrons. The molecule has 2 amide bonds. The van der Waals surface area contributed by atoms with E-state index in [-0.39, 0.29) is 11.5 Å². The first-order valence-corrected chi connectivity index (χ1v) is 11.1. The fourth-order valence-corrected chi connectivity index (χ4v) is 3.77. The number of aliphatic hydroxyl groups excluding tert-OH is 1. The third kappa shape index (κ3) is 5.30. The van der Waals surface area contributed by atoms with Crippen molar-refractivity contribution < 1.29 is 19.1 Å². The molecule has 0 aliphatic heterocycles. The lowest BCUT2D eigenvalue weighted by Gasteiger charge is -2.24. The number of rotatable bonds is 7. The van der Waals surface area contributed by atoms with Crippen LogP contribution < -0.4 is 16.4 Å². The van der Waals surface area contributed by atoms with Crippen molar-refractivity contribution in [3.63, 3.8) is 0 Å². The first-order valence-electron chi connectivity index (χ1n) is 11.1. The van der Waals surface area contributed by atoms with Crippen LogP contribution in [0.15, 0.2) is 66.7 Å². The zero-order chi connectivity index (χ0) is 25.1. The number of aliphatic hydroxyl groups is 1. The van der Waals surface area contributed by atoms with Gasteiger partial charge in [0, 0.05) is 16.8 Å². The van der Waals surface area contributed by atoms with E-state index in [4.69, 9.17) is 5.73 Å². The predicted octanol–water partition coefficient (Wildman–Crippen LogP) is 3.88. The molecule has 1 heterocycles. The lowest BCUT2D eigenvalue weighted by Crippen LogP contribution is -2.43. The molecule has 0 aliphatic rings. The van der Waals surface area contributed by atoms with Gasteiger partial charge in [-0.3, -0.25) is 9.59 Å². The number of nitrogen functional groups attached to an aromatic ring is 1. The number of nitrogens with one attached hydrogen (secondary N) is 3. The SMILES string of the molecule is CC(C)c1ccc(C(=O)N[C@@H](c2ccccc2F)[C@@H](O)C(=O)Nc2ccc3nc(N)[nH]c3c2)cc1. The molecule has 0 unspecified atom stereocenters. The monoisotopic (exact) mass is 475 g/mol. The Balaban J connectivity index is 1.58. The van der Waals surface area contributed by atoms with Crippen LogP contribution in [0.1, 0.15) is 47.3 Å². The van der Waals surface area contributed by atoms with E-state index in [0.717, 1.165) is 5.56 Å². The van der Waals surface area contributed by atoms with Crippen LogP contribution in [0.25, 0.3) is 11.0 Å². The summed E-state index contributed by atoms with van der Waals surface area (Å²) in [5.41, 5.74) is 8.60. The number of hydrogen-bond donors (Lipinski definition) is 5. The van der Waals surface area contributed by atoms with Crippen molar-refractivity contribution in [1.29, 1.82) is 0 Å². The molecule has 0 bridgehead atoms.